The zero-order chi connectivity index (χ0) is 24.3. The first-order valence-electron chi connectivity index (χ1n) is 8.82. The average Bonchev–Trinajstić information content (AvgIpc) is 3.27. The Morgan fingerprint density at radius 1 is 1.03 bits per heavy atom. The van der Waals surface area contributed by atoms with Gasteiger partial charge in [-0.2, -0.15) is 5.10 Å². The van der Waals surface area contributed by atoms with Crippen LogP contribution >= 0.6 is 0 Å². The Kier molecular flexibility index (Phi) is 8.84. The van der Waals surface area contributed by atoms with Crippen LogP contribution in [0.1, 0.15) is 16.1 Å². The van der Waals surface area contributed by atoms with Gasteiger partial charge < -0.3 is 14.8 Å². The number of hydrazone groups is 1. The van der Waals surface area contributed by atoms with Crippen LogP contribution in [0.4, 0.5) is 0 Å². The summed E-state index contributed by atoms with van der Waals surface area (Å²) in [5, 5.41) is 24.1. The van der Waals surface area contributed by atoms with Crippen molar-refractivity contribution in [2.45, 2.75) is 4.90 Å². The quantitative estimate of drug-likeness (QED) is 0.127. The van der Waals surface area contributed by atoms with Crippen LogP contribution in [0.25, 0.3) is 11.8 Å². The molecule has 34 heavy (non-hydrogen) atoms. The predicted octanol–water partition coefficient (Wildman–Crippen LogP) is -3.16. The summed E-state index contributed by atoms with van der Waals surface area (Å²) in [6.07, 6.45) is 6.26. The number of rotatable bonds is 7. The van der Waals surface area contributed by atoms with Gasteiger partial charge in [-0.15, -0.1) is 0 Å². The summed E-state index contributed by atoms with van der Waals surface area (Å²) in [7, 11) is -4.69. The number of aliphatic carboxylic acids is 1. The number of nitrogens with one attached hydrogen (secondary N) is 2. The minimum absolute atomic E-state index is 0. The fraction of sp³-hybridized carbons (Fsp3) is 0. The number of aromatic carboxylic acids is 1. The van der Waals surface area contributed by atoms with Crippen molar-refractivity contribution in [2.75, 3.05) is 0 Å². The fourth-order valence-corrected chi connectivity index (χ4v) is 3.20. The van der Waals surface area contributed by atoms with Crippen LogP contribution in [0.15, 0.2) is 68.9 Å². The van der Waals surface area contributed by atoms with E-state index in [1.807, 2.05) is 5.43 Å². The molecule has 4 N–H and O–H groups in total. The van der Waals surface area contributed by atoms with Crippen LogP contribution in [0, 0.1) is 0 Å². The van der Waals surface area contributed by atoms with E-state index in [4.69, 9.17) is 5.11 Å². The van der Waals surface area contributed by atoms with Gasteiger partial charge in [-0.1, -0.05) is 18.2 Å². The molecule has 13 nitrogen and oxygen atoms in total. The molecule has 0 aliphatic carbocycles. The maximum Gasteiger partial charge on any atom is 1.00 e. The van der Waals surface area contributed by atoms with Crippen LogP contribution in [-0.4, -0.2) is 56.5 Å². The third-order valence-corrected chi connectivity index (χ3v) is 5.09. The minimum atomic E-state index is -4.69. The number of aromatic nitrogens is 2. The molecule has 2 aromatic rings. The number of carboxylic acids is 2. The van der Waals surface area contributed by atoms with Crippen LogP contribution in [0.5, 0.6) is 0 Å². The van der Waals surface area contributed by atoms with Crippen LogP contribution in [0.2, 0.25) is 0 Å². The van der Waals surface area contributed by atoms with Gasteiger partial charge in [0.15, 0.2) is 11.4 Å². The summed E-state index contributed by atoms with van der Waals surface area (Å²) >= 11 is 0. The topological polar surface area (TPSA) is 211 Å². The second kappa shape index (κ2) is 11.0. The van der Waals surface area contributed by atoms with Gasteiger partial charge in [-0.05, 0) is 36.4 Å². The zero-order valence-electron chi connectivity index (χ0n) is 17.3. The van der Waals surface area contributed by atoms with E-state index >= 15 is 0 Å². The smallest absolute Gasteiger partial charge is 0.744 e. The van der Waals surface area contributed by atoms with Gasteiger partial charge in [-0.3, -0.25) is 14.7 Å². The number of benzene rings is 1. The summed E-state index contributed by atoms with van der Waals surface area (Å²) in [6, 6.07) is 4.26. The third kappa shape index (κ3) is 5.95. The first-order chi connectivity index (χ1) is 15.5. The van der Waals surface area contributed by atoms with Crippen LogP contribution in [-0.2, 0) is 19.7 Å². The van der Waals surface area contributed by atoms with Crippen LogP contribution in [0.3, 0.4) is 0 Å². The molecule has 1 aromatic carbocycles. The standard InChI is InChI=1S/C19H14N4O9S.K/c24-16-12(14(18(26)27)20-21-16)4-2-1-3-5-13-15(19(28)29)22-23(17(13)25)10-6-8-11(9-7-10)33(30,31)32;/h1-9,22H,(H,21,24)(H,26,27)(H,28,29)(H,30,31,32);/q;+1/p-1/b2-1?,5-3?,12-4-;. The van der Waals surface area contributed by atoms with Crippen molar-refractivity contribution in [1.29, 1.82) is 0 Å². The number of nitrogens with zero attached hydrogens (tertiary/aromatic N) is 2. The van der Waals surface area contributed by atoms with Crippen LogP contribution < -0.4 is 62.4 Å². The molecule has 1 aromatic heterocycles. The van der Waals surface area contributed by atoms with Gasteiger partial charge in [0.25, 0.3) is 11.5 Å². The van der Waals surface area contributed by atoms with Crippen molar-refractivity contribution < 1.29 is 89.0 Å². The van der Waals surface area contributed by atoms with Crippen molar-refractivity contribution in [3.63, 3.8) is 0 Å². The van der Waals surface area contributed by atoms with E-state index in [0.29, 0.717) is 0 Å². The zero-order valence-corrected chi connectivity index (χ0v) is 21.2. The maximum atomic E-state index is 12.7. The Labute approximate surface area is 233 Å². The summed E-state index contributed by atoms with van der Waals surface area (Å²) < 4.78 is 34.0. The summed E-state index contributed by atoms with van der Waals surface area (Å²) in [4.78, 5) is 46.3. The molecular weight excluding hydrogens is 499 g/mol. The van der Waals surface area contributed by atoms with E-state index in [-0.39, 0.29) is 68.2 Å². The van der Waals surface area contributed by atoms with E-state index in [0.717, 1.165) is 28.9 Å². The van der Waals surface area contributed by atoms with Gasteiger partial charge in [-0.25, -0.2) is 28.1 Å². The number of H-pyrrole nitrogens is 1. The molecule has 2 heterocycles. The molecule has 0 unspecified atom stereocenters. The third-order valence-electron chi connectivity index (χ3n) is 4.24. The monoisotopic (exact) mass is 512 g/mol. The largest absolute Gasteiger partial charge is 1.00 e. The Bertz CT molecular complexity index is 1450. The van der Waals surface area contributed by atoms with Gasteiger partial charge in [0.1, 0.15) is 10.1 Å². The second-order valence-corrected chi connectivity index (χ2v) is 7.70. The maximum absolute atomic E-state index is 12.7. The second-order valence-electron chi connectivity index (χ2n) is 6.33. The van der Waals surface area contributed by atoms with Gasteiger partial charge in [0, 0.05) is 0 Å². The molecule has 0 bridgehead atoms. The van der Waals surface area contributed by atoms with Crippen molar-refractivity contribution >= 4 is 39.8 Å². The van der Waals surface area contributed by atoms with Crippen molar-refractivity contribution in [2.24, 2.45) is 5.10 Å². The molecule has 0 saturated heterocycles. The van der Waals surface area contributed by atoms with E-state index < -0.39 is 49.8 Å². The minimum Gasteiger partial charge on any atom is -0.744 e. The SMILES string of the molecule is O=C(O)C1=NNC(=O)/C1=C\C=CC=Cc1c(C(=O)O)[nH]n(-c2ccc(S(=O)(=O)[O-])cc2)c1=O.[K+]. The van der Waals surface area contributed by atoms with E-state index in [1.54, 1.807) is 0 Å². The number of aromatic amines is 1. The van der Waals surface area contributed by atoms with Gasteiger partial charge in [0.2, 0.25) is 0 Å². The molecule has 15 heteroatoms. The molecule has 0 saturated carbocycles. The molecule has 1 aliphatic rings. The molecule has 0 fully saturated rings. The Hall–Kier alpha value is -2.92. The first kappa shape index (κ1) is 27.3. The normalized spacial score (nSPS) is 14.9. The molecule has 0 radical (unpaired) electrons. The number of carboxylic acid groups (broad SMARTS) is 2. The number of carbonyl (C=O) groups excluding carboxylic acids is 1. The average molecular weight is 512 g/mol. The molecule has 1 amide bonds. The molecular formula is C19H13KN4O9S. The summed E-state index contributed by atoms with van der Waals surface area (Å²) in [5.74, 6) is -3.55. The van der Waals surface area contributed by atoms with Crippen molar-refractivity contribution in [3.05, 3.63) is 75.8 Å². The summed E-state index contributed by atoms with van der Waals surface area (Å²) in [5.41, 5.74) is -0.0383. The number of hydrogen-bond donors (Lipinski definition) is 4. The number of amides is 1. The predicted molar refractivity (Wildman–Crippen MR) is 111 cm³/mol. The first-order valence-corrected chi connectivity index (χ1v) is 10.2. The number of hydrogen-bond acceptors (Lipinski definition) is 8. The van der Waals surface area contributed by atoms with E-state index in [2.05, 4.69) is 10.2 Å². The van der Waals surface area contributed by atoms with Gasteiger partial charge in [0.05, 0.1) is 21.7 Å². The molecule has 0 spiro atoms. The fourth-order valence-electron chi connectivity index (χ4n) is 2.73. The van der Waals surface area contributed by atoms with E-state index in [1.165, 1.54) is 30.4 Å². The Balaban J connectivity index is 0.00000408. The number of carbonyl (C=O) groups is 3. The Morgan fingerprint density at radius 2 is 1.68 bits per heavy atom. The van der Waals surface area contributed by atoms with E-state index in [9.17, 15) is 37.3 Å². The molecule has 0 atom stereocenters. The van der Waals surface area contributed by atoms with Gasteiger partial charge >= 0.3 is 63.3 Å². The number of allylic oxidation sites excluding steroid dienone is 4. The molecule has 170 valence electrons. The molecule has 1 aliphatic heterocycles. The summed E-state index contributed by atoms with van der Waals surface area (Å²) in [6.45, 7) is 0. The molecule has 3 rings (SSSR count). The van der Waals surface area contributed by atoms with Crippen molar-refractivity contribution in [3.8, 4) is 5.69 Å². The Morgan fingerprint density at radius 3 is 2.24 bits per heavy atom. The van der Waals surface area contributed by atoms with Crippen molar-refractivity contribution in [1.82, 2.24) is 15.2 Å².